The van der Waals surface area contributed by atoms with Gasteiger partial charge in [0.15, 0.2) is 0 Å². The summed E-state index contributed by atoms with van der Waals surface area (Å²) in [7, 11) is 3.61. The average molecular weight is 279 g/mol. The molecule has 0 aliphatic rings. The van der Waals surface area contributed by atoms with E-state index in [0.29, 0.717) is 29.6 Å². The van der Waals surface area contributed by atoms with Crippen LogP contribution in [0, 0.1) is 0 Å². The van der Waals surface area contributed by atoms with E-state index >= 15 is 0 Å². The van der Waals surface area contributed by atoms with Crippen LogP contribution in [-0.4, -0.2) is 44.1 Å². The number of ether oxygens (including phenoxy) is 1. The van der Waals surface area contributed by atoms with Gasteiger partial charge in [-0.25, -0.2) is 0 Å². The third kappa shape index (κ3) is 4.74. The van der Waals surface area contributed by atoms with Gasteiger partial charge in [0.25, 0.3) is 5.91 Å². The predicted octanol–water partition coefficient (Wildman–Crippen LogP) is 1.74. The number of amides is 1. The summed E-state index contributed by atoms with van der Waals surface area (Å²) in [6.07, 6.45) is 1.09. The van der Waals surface area contributed by atoms with Crippen molar-refractivity contribution in [3.8, 4) is 5.75 Å². The number of hydrogen-bond donors (Lipinski definition) is 2. The van der Waals surface area contributed by atoms with Gasteiger partial charge >= 0.3 is 0 Å². The summed E-state index contributed by atoms with van der Waals surface area (Å²) >= 11 is 0. The number of nitrogen functional groups attached to an aromatic ring is 1. The first kappa shape index (κ1) is 16.3. The highest BCUT2D eigenvalue weighted by Crippen LogP contribution is 2.18. The highest BCUT2D eigenvalue weighted by molar-refractivity contribution is 5.95. The number of anilines is 1. The van der Waals surface area contributed by atoms with Crippen LogP contribution in [0.25, 0.3) is 0 Å². The number of methoxy groups -OCH3 is 1. The molecule has 0 bridgehead atoms. The maximum Gasteiger partial charge on any atom is 0.251 e. The van der Waals surface area contributed by atoms with Crippen molar-refractivity contribution in [1.82, 2.24) is 10.2 Å². The van der Waals surface area contributed by atoms with Crippen LogP contribution in [0.4, 0.5) is 5.69 Å². The number of rotatable bonds is 7. The second-order valence-corrected chi connectivity index (χ2v) is 4.99. The molecule has 0 aliphatic carbocycles. The Morgan fingerprint density at radius 3 is 2.75 bits per heavy atom. The molecule has 1 amide bonds. The van der Waals surface area contributed by atoms with Gasteiger partial charge in [0, 0.05) is 36.4 Å². The van der Waals surface area contributed by atoms with E-state index in [-0.39, 0.29) is 5.91 Å². The maximum absolute atomic E-state index is 12.0. The molecule has 0 fully saturated rings. The van der Waals surface area contributed by atoms with E-state index in [9.17, 15) is 4.79 Å². The fraction of sp³-hybridized carbons (Fsp3) is 0.533. The van der Waals surface area contributed by atoms with E-state index in [0.717, 1.165) is 13.0 Å². The highest BCUT2D eigenvalue weighted by atomic mass is 16.5. The molecule has 0 radical (unpaired) electrons. The largest absolute Gasteiger partial charge is 0.497 e. The molecule has 0 aromatic heterocycles. The van der Waals surface area contributed by atoms with Crippen molar-refractivity contribution >= 4 is 11.6 Å². The van der Waals surface area contributed by atoms with Crippen LogP contribution in [-0.2, 0) is 0 Å². The van der Waals surface area contributed by atoms with E-state index in [1.54, 1.807) is 25.3 Å². The van der Waals surface area contributed by atoms with Gasteiger partial charge in [0.05, 0.1) is 7.11 Å². The Labute approximate surface area is 121 Å². The molecule has 5 nitrogen and oxygen atoms in total. The van der Waals surface area contributed by atoms with Gasteiger partial charge in [-0.15, -0.1) is 0 Å². The minimum Gasteiger partial charge on any atom is -0.497 e. The number of likely N-dealkylation sites (N-methyl/N-ethyl adjacent to an activating group) is 1. The van der Waals surface area contributed by atoms with Crippen molar-refractivity contribution in [3.05, 3.63) is 23.8 Å². The molecule has 1 aromatic carbocycles. The molecule has 0 saturated carbocycles. The second kappa shape index (κ2) is 7.75. The molecule has 1 unspecified atom stereocenters. The number of nitrogens with one attached hydrogen (secondary N) is 1. The van der Waals surface area contributed by atoms with Crippen LogP contribution >= 0.6 is 0 Å². The molecule has 1 rings (SSSR count). The molecular formula is C15H25N3O2. The van der Waals surface area contributed by atoms with Crippen molar-refractivity contribution in [2.24, 2.45) is 0 Å². The quantitative estimate of drug-likeness (QED) is 0.746. The summed E-state index contributed by atoms with van der Waals surface area (Å²) in [5.41, 5.74) is 6.78. The van der Waals surface area contributed by atoms with E-state index in [1.807, 2.05) is 0 Å². The van der Waals surface area contributed by atoms with Crippen molar-refractivity contribution in [2.75, 3.05) is 33.0 Å². The smallest absolute Gasteiger partial charge is 0.251 e. The topological polar surface area (TPSA) is 67.6 Å². The lowest BCUT2D eigenvalue weighted by atomic mass is 10.1. The molecule has 0 spiro atoms. The molecule has 5 heteroatoms. The molecular weight excluding hydrogens is 254 g/mol. The van der Waals surface area contributed by atoms with Crippen LogP contribution < -0.4 is 15.8 Å². The molecule has 0 saturated heterocycles. The zero-order chi connectivity index (χ0) is 15.1. The molecule has 0 aliphatic heterocycles. The predicted molar refractivity (Wildman–Crippen MR) is 82.1 cm³/mol. The van der Waals surface area contributed by atoms with Crippen molar-refractivity contribution in [1.29, 1.82) is 0 Å². The molecule has 20 heavy (non-hydrogen) atoms. The first-order chi connectivity index (χ1) is 9.47. The molecule has 0 heterocycles. The Morgan fingerprint density at radius 1 is 1.45 bits per heavy atom. The van der Waals surface area contributed by atoms with Gasteiger partial charge in [-0.2, -0.15) is 0 Å². The van der Waals surface area contributed by atoms with Gasteiger partial charge in [-0.1, -0.05) is 6.92 Å². The van der Waals surface area contributed by atoms with Gasteiger partial charge < -0.3 is 20.7 Å². The standard InChI is InChI=1S/C15H25N3O2/c1-5-11(2)18(3)7-6-17-15(19)12-8-13(16)10-14(9-12)20-4/h8-11H,5-7,16H2,1-4H3,(H,17,19). The Kier molecular flexibility index (Phi) is 6.31. The van der Waals surface area contributed by atoms with Crippen molar-refractivity contribution in [2.45, 2.75) is 26.3 Å². The number of carbonyl (C=O) groups excluding carboxylic acids is 1. The van der Waals surface area contributed by atoms with E-state index < -0.39 is 0 Å². The lowest BCUT2D eigenvalue weighted by Crippen LogP contribution is -2.37. The van der Waals surface area contributed by atoms with E-state index in [1.165, 1.54) is 0 Å². The number of hydrogen-bond acceptors (Lipinski definition) is 4. The van der Waals surface area contributed by atoms with Gasteiger partial charge in [-0.3, -0.25) is 4.79 Å². The Morgan fingerprint density at radius 2 is 2.15 bits per heavy atom. The lowest BCUT2D eigenvalue weighted by molar-refractivity contribution is 0.0947. The molecule has 1 atom stereocenters. The summed E-state index contributed by atoms with van der Waals surface area (Å²) in [6.45, 7) is 5.75. The number of nitrogens with two attached hydrogens (primary N) is 1. The third-order valence-electron chi connectivity index (χ3n) is 3.52. The number of benzene rings is 1. The molecule has 112 valence electrons. The summed E-state index contributed by atoms with van der Waals surface area (Å²) in [5.74, 6) is 0.458. The van der Waals surface area contributed by atoms with E-state index in [4.69, 9.17) is 10.5 Å². The zero-order valence-electron chi connectivity index (χ0n) is 12.8. The highest BCUT2D eigenvalue weighted by Gasteiger charge is 2.10. The Balaban J connectivity index is 2.53. The van der Waals surface area contributed by atoms with Gasteiger partial charge in [0.2, 0.25) is 0 Å². The average Bonchev–Trinajstić information content (AvgIpc) is 2.45. The Bertz CT molecular complexity index is 449. The van der Waals surface area contributed by atoms with Crippen molar-refractivity contribution in [3.63, 3.8) is 0 Å². The fourth-order valence-electron chi connectivity index (χ4n) is 1.85. The molecule has 1 aromatic rings. The normalized spacial score (nSPS) is 12.2. The fourth-order valence-corrected chi connectivity index (χ4v) is 1.85. The summed E-state index contributed by atoms with van der Waals surface area (Å²) in [4.78, 5) is 14.3. The summed E-state index contributed by atoms with van der Waals surface area (Å²) in [5, 5.41) is 2.90. The first-order valence-electron chi connectivity index (χ1n) is 6.91. The van der Waals surface area contributed by atoms with Gasteiger partial charge in [-0.05, 0) is 32.5 Å². The number of nitrogens with zero attached hydrogens (tertiary/aromatic N) is 1. The second-order valence-electron chi connectivity index (χ2n) is 4.99. The monoisotopic (exact) mass is 279 g/mol. The molecule has 3 N–H and O–H groups in total. The summed E-state index contributed by atoms with van der Waals surface area (Å²) in [6, 6.07) is 5.53. The lowest BCUT2D eigenvalue weighted by Gasteiger charge is -2.23. The van der Waals surface area contributed by atoms with Crippen LogP contribution in [0.2, 0.25) is 0 Å². The minimum atomic E-state index is -0.131. The zero-order valence-corrected chi connectivity index (χ0v) is 12.8. The Hall–Kier alpha value is -1.75. The van der Waals surface area contributed by atoms with Crippen molar-refractivity contribution < 1.29 is 9.53 Å². The van der Waals surface area contributed by atoms with Crippen LogP contribution in [0.15, 0.2) is 18.2 Å². The van der Waals surface area contributed by atoms with E-state index in [2.05, 4.69) is 31.1 Å². The maximum atomic E-state index is 12.0. The van der Waals surface area contributed by atoms with Crippen LogP contribution in [0.1, 0.15) is 30.6 Å². The summed E-state index contributed by atoms with van der Waals surface area (Å²) < 4.78 is 5.11. The minimum absolute atomic E-state index is 0.131. The number of carbonyl (C=O) groups is 1. The SMILES string of the molecule is CCC(C)N(C)CCNC(=O)c1cc(N)cc(OC)c1. The third-order valence-corrected chi connectivity index (χ3v) is 3.52. The van der Waals surface area contributed by atoms with Crippen LogP contribution in [0.5, 0.6) is 5.75 Å². The first-order valence-corrected chi connectivity index (χ1v) is 6.91. The van der Waals surface area contributed by atoms with Crippen LogP contribution in [0.3, 0.4) is 0 Å². The van der Waals surface area contributed by atoms with Gasteiger partial charge in [0.1, 0.15) is 5.75 Å².